The third-order valence-corrected chi connectivity index (χ3v) is 3.89. The van der Waals surface area contributed by atoms with E-state index in [9.17, 15) is 4.79 Å². The lowest BCUT2D eigenvalue weighted by atomic mass is 9.99. The number of halogens is 1. The van der Waals surface area contributed by atoms with Gasteiger partial charge >= 0.3 is 0 Å². The van der Waals surface area contributed by atoms with Gasteiger partial charge in [-0.1, -0.05) is 46.3 Å². The van der Waals surface area contributed by atoms with Gasteiger partial charge in [0.2, 0.25) is 5.91 Å². The van der Waals surface area contributed by atoms with Crippen molar-refractivity contribution in [2.24, 2.45) is 0 Å². The smallest absolute Gasteiger partial charge is 0.227 e. The molecule has 0 aliphatic carbocycles. The van der Waals surface area contributed by atoms with Crippen molar-refractivity contribution in [1.82, 2.24) is 5.32 Å². The molecule has 1 aromatic carbocycles. The van der Waals surface area contributed by atoms with Crippen molar-refractivity contribution >= 4 is 21.8 Å². The number of nitrogens with one attached hydrogen (secondary N) is 1. The molecule has 0 aromatic heterocycles. The summed E-state index contributed by atoms with van der Waals surface area (Å²) in [4.78, 5) is 12.0. The van der Waals surface area contributed by atoms with E-state index in [4.69, 9.17) is 0 Å². The highest BCUT2D eigenvalue weighted by atomic mass is 79.9. The molecule has 0 saturated carbocycles. The number of hydrogen-bond acceptors (Lipinski definition) is 1. The van der Waals surface area contributed by atoms with Gasteiger partial charge in [0.05, 0.1) is 5.92 Å². The zero-order valence-electron chi connectivity index (χ0n) is 9.96. The van der Waals surface area contributed by atoms with Gasteiger partial charge in [0, 0.05) is 10.9 Å². The highest BCUT2D eigenvalue weighted by Gasteiger charge is 2.22. The van der Waals surface area contributed by atoms with Crippen LogP contribution in [0.1, 0.15) is 32.3 Å². The summed E-state index contributed by atoms with van der Waals surface area (Å²) in [6.07, 6.45) is 0. The number of rotatable bonds is 4. The van der Waals surface area contributed by atoms with Crippen LogP contribution in [0.4, 0.5) is 0 Å². The molecule has 0 radical (unpaired) electrons. The Morgan fingerprint density at radius 2 is 1.94 bits per heavy atom. The summed E-state index contributed by atoms with van der Waals surface area (Å²) in [7, 11) is 0. The molecule has 2 nitrogen and oxygen atoms in total. The molecular formula is C13H18BrNO. The van der Waals surface area contributed by atoms with E-state index in [2.05, 4.69) is 21.2 Å². The zero-order valence-corrected chi connectivity index (χ0v) is 11.5. The fraction of sp³-hybridized carbons (Fsp3) is 0.462. The SMILES string of the molecule is CC(C(=O)NC(C)(C)CBr)c1ccccc1. The first kappa shape index (κ1) is 13.2. The Morgan fingerprint density at radius 1 is 1.38 bits per heavy atom. The van der Waals surface area contributed by atoms with Gasteiger partial charge in [0.15, 0.2) is 0 Å². The van der Waals surface area contributed by atoms with E-state index in [1.807, 2.05) is 51.1 Å². The van der Waals surface area contributed by atoms with Crippen LogP contribution >= 0.6 is 15.9 Å². The number of alkyl halides is 1. The highest BCUT2D eigenvalue weighted by Crippen LogP contribution is 2.16. The number of carbonyl (C=O) groups is 1. The molecule has 88 valence electrons. The Morgan fingerprint density at radius 3 is 2.44 bits per heavy atom. The van der Waals surface area contributed by atoms with Crippen LogP contribution in [0.3, 0.4) is 0 Å². The molecule has 3 heteroatoms. The molecule has 1 unspecified atom stereocenters. The van der Waals surface area contributed by atoms with Crippen molar-refractivity contribution in [2.45, 2.75) is 32.2 Å². The van der Waals surface area contributed by atoms with E-state index in [-0.39, 0.29) is 17.4 Å². The molecule has 0 saturated heterocycles. The molecule has 1 aromatic rings. The molecule has 16 heavy (non-hydrogen) atoms. The van der Waals surface area contributed by atoms with Gasteiger partial charge in [-0.15, -0.1) is 0 Å². The predicted molar refractivity (Wildman–Crippen MR) is 70.9 cm³/mol. The van der Waals surface area contributed by atoms with E-state index >= 15 is 0 Å². The Kier molecular flexibility index (Phi) is 4.54. The van der Waals surface area contributed by atoms with Gasteiger partial charge in [-0.25, -0.2) is 0 Å². The van der Waals surface area contributed by atoms with E-state index in [1.54, 1.807) is 0 Å². The predicted octanol–water partition coefficient (Wildman–Crippen LogP) is 3.08. The van der Waals surface area contributed by atoms with Crippen LogP contribution < -0.4 is 5.32 Å². The largest absolute Gasteiger partial charge is 0.350 e. The summed E-state index contributed by atoms with van der Waals surface area (Å²) in [5.74, 6) is -0.0461. The Bertz CT molecular complexity index is 348. The second kappa shape index (κ2) is 5.48. The third kappa shape index (κ3) is 3.63. The maximum Gasteiger partial charge on any atom is 0.227 e. The van der Waals surface area contributed by atoms with Crippen LogP contribution in [0.2, 0.25) is 0 Å². The summed E-state index contributed by atoms with van der Waals surface area (Å²) < 4.78 is 0. The van der Waals surface area contributed by atoms with Gasteiger partial charge < -0.3 is 5.32 Å². The number of benzene rings is 1. The van der Waals surface area contributed by atoms with Crippen molar-refractivity contribution in [3.8, 4) is 0 Å². The van der Waals surface area contributed by atoms with Gasteiger partial charge in [-0.05, 0) is 26.3 Å². The van der Waals surface area contributed by atoms with Crippen molar-refractivity contribution in [3.05, 3.63) is 35.9 Å². The summed E-state index contributed by atoms with van der Waals surface area (Å²) in [5.41, 5.74) is 0.838. The monoisotopic (exact) mass is 283 g/mol. The minimum absolute atomic E-state index is 0.0654. The summed E-state index contributed by atoms with van der Waals surface area (Å²) in [6.45, 7) is 5.92. The van der Waals surface area contributed by atoms with E-state index < -0.39 is 0 Å². The van der Waals surface area contributed by atoms with E-state index in [0.29, 0.717) is 0 Å². The molecule has 0 aliphatic rings. The number of hydrogen-bond donors (Lipinski definition) is 1. The van der Waals surface area contributed by atoms with Gasteiger partial charge in [-0.2, -0.15) is 0 Å². The zero-order chi connectivity index (χ0) is 12.2. The standard InChI is InChI=1S/C13H18BrNO/c1-10(11-7-5-4-6-8-11)12(16)15-13(2,3)9-14/h4-8,10H,9H2,1-3H3,(H,15,16). The van der Waals surface area contributed by atoms with Crippen LogP contribution in [0.25, 0.3) is 0 Å². The molecular weight excluding hydrogens is 266 g/mol. The highest BCUT2D eigenvalue weighted by molar-refractivity contribution is 9.09. The van der Waals surface area contributed by atoms with Crippen LogP contribution in [-0.2, 0) is 4.79 Å². The minimum atomic E-state index is -0.208. The Labute approximate surface area is 106 Å². The lowest BCUT2D eigenvalue weighted by molar-refractivity contribution is -0.123. The second-order valence-corrected chi connectivity index (χ2v) is 5.20. The van der Waals surface area contributed by atoms with Crippen LogP contribution in [-0.4, -0.2) is 16.8 Å². The van der Waals surface area contributed by atoms with Crippen LogP contribution in [0, 0.1) is 0 Å². The van der Waals surface area contributed by atoms with Crippen molar-refractivity contribution in [1.29, 1.82) is 0 Å². The van der Waals surface area contributed by atoms with E-state index in [1.165, 1.54) is 0 Å². The molecule has 1 rings (SSSR count). The average Bonchev–Trinajstić information content (AvgIpc) is 2.28. The first-order valence-corrected chi connectivity index (χ1v) is 6.51. The topological polar surface area (TPSA) is 29.1 Å². The lowest BCUT2D eigenvalue weighted by Crippen LogP contribution is -2.46. The van der Waals surface area contributed by atoms with Crippen molar-refractivity contribution in [3.63, 3.8) is 0 Å². The molecule has 0 bridgehead atoms. The van der Waals surface area contributed by atoms with Gasteiger partial charge in [0.25, 0.3) is 0 Å². The van der Waals surface area contributed by atoms with Crippen LogP contribution in [0.15, 0.2) is 30.3 Å². The Balaban J connectivity index is 2.69. The lowest BCUT2D eigenvalue weighted by Gasteiger charge is -2.25. The van der Waals surface area contributed by atoms with Crippen molar-refractivity contribution in [2.75, 3.05) is 5.33 Å². The van der Waals surface area contributed by atoms with Crippen LogP contribution in [0.5, 0.6) is 0 Å². The number of carbonyl (C=O) groups excluding carboxylic acids is 1. The van der Waals surface area contributed by atoms with Gasteiger partial charge in [-0.3, -0.25) is 4.79 Å². The normalized spacial score (nSPS) is 13.2. The molecule has 1 N–H and O–H groups in total. The quantitative estimate of drug-likeness (QED) is 0.846. The maximum absolute atomic E-state index is 12.0. The summed E-state index contributed by atoms with van der Waals surface area (Å²) >= 11 is 3.39. The fourth-order valence-electron chi connectivity index (χ4n) is 1.37. The summed E-state index contributed by atoms with van der Waals surface area (Å²) in [5, 5.41) is 3.76. The molecule has 1 atom stereocenters. The second-order valence-electron chi connectivity index (χ2n) is 4.64. The molecule has 0 aliphatic heterocycles. The molecule has 0 heterocycles. The number of amides is 1. The fourth-order valence-corrected chi connectivity index (χ4v) is 1.51. The average molecular weight is 284 g/mol. The Hall–Kier alpha value is -0.830. The van der Waals surface area contributed by atoms with E-state index in [0.717, 1.165) is 10.9 Å². The van der Waals surface area contributed by atoms with Crippen molar-refractivity contribution < 1.29 is 4.79 Å². The minimum Gasteiger partial charge on any atom is -0.350 e. The molecule has 0 fully saturated rings. The van der Waals surface area contributed by atoms with Gasteiger partial charge in [0.1, 0.15) is 0 Å². The molecule has 0 spiro atoms. The third-order valence-electron chi connectivity index (χ3n) is 2.49. The first-order valence-electron chi connectivity index (χ1n) is 5.39. The summed E-state index contributed by atoms with van der Waals surface area (Å²) in [6, 6.07) is 9.82. The first-order chi connectivity index (χ1) is 7.46. The maximum atomic E-state index is 12.0. The molecule has 1 amide bonds.